The third kappa shape index (κ3) is 17.3. The summed E-state index contributed by atoms with van der Waals surface area (Å²) >= 11 is 1.40. The molecule has 7 atom stereocenters. The zero-order valence-corrected chi connectivity index (χ0v) is 30.9. The van der Waals surface area contributed by atoms with Crippen LogP contribution in [0.4, 0.5) is 0 Å². The Kier molecular flexibility index (Phi) is 21.2. The Morgan fingerprint density at radius 3 is 2.02 bits per heavy atom. The SMILES string of the molecule is CSCC[C@H](NC(=O)CNC(=O)[C@H](CCCN=C(N)N)NC(=O)[C@@H]1CCCN1)C(=O)N[C@@H](CC(C)C)C(=O)N[C@@H](CO)C(=O)N[C@H](C(=O)O)[C@@H](C)O. The van der Waals surface area contributed by atoms with Crippen LogP contribution in [0.25, 0.3) is 0 Å². The van der Waals surface area contributed by atoms with Crippen molar-refractivity contribution in [2.75, 3.05) is 38.2 Å². The first-order valence-electron chi connectivity index (χ1n) is 17.1. The molecule has 6 amide bonds. The Hall–Kier alpha value is -4.21. The van der Waals surface area contributed by atoms with E-state index in [1.54, 1.807) is 20.1 Å². The first-order chi connectivity index (χ1) is 24.5. The molecule has 0 spiro atoms. The molecular weight excluding hydrogens is 704 g/mol. The van der Waals surface area contributed by atoms with Crippen molar-refractivity contribution in [1.29, 1.82) is 0 Å². The second-order valence-corrected chi connectivity index (χ2v) is 13.8. The number of carbonyl (C=O) groups is 7. The van der Waals surface area contributed by atoms with E-state index in [1.165, 1.54) is 11.8 Å². The fraction of sp³-hybridized carbons (Fsp3) is 0.742. The third-order valence-electron chi connectivity index (χ3n) is 7.84. The van der Waals surface area contributed by atoms with Gasteiger partial charge in [-0.3, -0.25) is 33.8 Å². The number of guanidine groups is 1. The first kappa shape index (κ1) is 45.8. The quantitative estimate of drug-likeness (QED) is 0.0251. The van der Waals surface area contributed by atoms with E-state index in [4.69, 9.17) is 11.5 Å². The van der Waals surface area contributed by atoms with Gasteiger partial charge in [0.05, 0.1) is 25.3 Å². The molecule has 52 heavy (non-hydrogen) atoms. The molecule has 1 fully saturated rings. The van der Waals surface area contributed by atoms with Crippen molar-refractivity contribution < 1.29 is 48.9 Å². The molecule has 1 aliphatic heterocycles. The molecule has 0 aliphatic carbocycles. The second-order valence-electron chi connectivity index (χ2n) is 12.8. The van der Waals surface area contributed by atoms with Crippen molar-refractivity contribution in [3.8, 4) is 0 Å². The summed E-state index contributed by atoms with van der Waals surface area (Å²) in [5.74, 6) is -5.71. The Labute approximate surface area is 307 Å². The van der Waals surface area contributed by atoms with Gasteiger partial charge in [0.15, 0.2) is 12.0 Å². The lowest BCUT2D eigenvalue weighted by Crippen LogP contribution is -2.60. The van der Waals surface area contributed by atoms with Crippen LogP contribution in [-0.2, 0) is 33.6 Å². The van der Waals surface area contributed by atoms with Crippen LogP contribution in [-0.4, -0.2) is 143 Å². The molecule has 21 heteroatoms. The van der Waals surface area contributed by atoms with E-state index in [1.807, 2.05) is 0 Å². The molecule has 0 aromatic rings. The predicted octanol–water partition coefficient (Wildman–Crippen LogP) is -4.41. The molecule has 20 nitrogen and oxygen atoms in total. The van der Waals surface area contributed by atoms with Gasteiger partial charge in [0, 0.05) is 6.54 Å². The number of aliphatic carboxylic acids is 1. The molecule has 0 aromatic heterocycles. The number of rotatable bonds is 24. The van der Waals surface area contributed by atoms with Crippen LogP contribution in [0.15, 0.2) is 4.99 Å². The number of aliphatic hydroxyl groups is 2. The molecule has 0 radical (unpaired) electrons. The maximum Gasteiger partial charge on any atom is 0.328 e. The topological polar surface area (TPSA) is 329 Å². The number of amides is 6. The van der Waals surface area contributed by atoms with Crippen LogP contribution in [0.3, 0.4) is 0 Å². The monoisotopic (exact) mass is 760 g/mol. The van der Waals surface area contributed by atoms with Gasteiger partial charge in [-0.05, 0) is 69.9 Å². The van der Waals surface area contributed by atoms with Crippen LogP contribution in [0.1, 0.15) is 59.3 Å². The lowest BCUT2D eigenvalue weighted by atomic mass is 10.0. The molecule has 0 bridgehead atoms. The maximum atomic E-state index is 13.4. The predicted molar refractivity (Wildman–Crippen MR) is 192 cm³/mol. The van der Waals surface area contributed by atoms with Crippen LogP contribution in [0.2, 0.25) is 0 Å². The van der Waals surface area contributed by atoms with E-state index in [-0.39, 0.29) is 43.6 Å². The van der Waals surface area contributed by atoms with E-state index >= 15 is 0 Å². The average molecular weight is 761 g/mol. The highest BCUT2D eigenvalue weighted by atomic mass is 32.2. The number of aliphatic imine (C=N–C) groups is 1. The van der Waals surface area contributed by atoms with Gasteiger partial charge in [-0.25, -0.2) is 4.79 Å². The first-order valence-corrected chi connectivity index (χ1v) is 18.5. The van der Waals surface area contributed by atoms with E-state index < -0.39 is 91.0 Å². The largest absolute Gasteiger partial charge is 0.480 e. The highest BCUT2D eigenvalue weighted by molar-refractivity contribution is 7.98. The van der Waals surface area contributed by atoms with E-state index in [0.717, 1.165) is 13.3 Å². The summed E-state index contributed by atoms with van der Waals surface area (Å²) in [5, 5.41) is 46.4. The molecule has 1 aliphatic rings. The summed E-state index contributed by atoms with van der Waals surface area (Å²) in [6.45, 7) is 4.14. The van der Waals surface area contributed by atoms with E-state index in [2.05, 4.69) is 42.2 Å². The lowest BCUT2D eigenvalue weighted by molar-refractivity contribution is -0.145. The number of nitrogens with one attached hydrogen (secondary N) is 7. The molecular formula is C31H56N10O10S. The molecule has 0 unspecified atom stereocenters. The van der Waals surface area contributed by atoms with Crippen LogP contribution in [0, 0.1) is 5.92 Å². The smallest absolute Gasteiger partial charge is 0.328 e. The Balaban J connectivity index is 2.98. The molecule has 0 aromatic carbocycles. The number of aliphatic hydroxyl groups excluding tert-OH is 2. The fourth-order valence-corrected chi connectivity index (χ4v) is 5.55. The van der Waals surface area contributed by atoms with Gasteiger partial charge in [-0.2, -0.15) is 11.8 Å². The van der Waals surface area contributed by atoms with Crippen molar-refractivity contribution >= 4 is 59.1 Å². The van der Waals surface area contributed by atoms with Crippen molar-refractivity contribution in [1.82, 2.24) is 37.2 Å². The van der Waals surface area contributed by atoms with Gasteiger partial charge >= 0.3 is 5.97 Å². The number of hydrogen-bond acceptors (Lipinski definition) is 12. The number of carboxylic acid groups (broad SMARTS) is 1. The summed E-state index contributed by atoms with van der Waals surface area (Å²) in [5.41, 5.74) is 10.7. The zero-order chi connectivity index (χ0) is 39.4. The van der Waals surface area contributed by atoms with Gasteiger partial charge in [-0.1, -0.05) is 13.8 Å². The zero-order valence-electron chi connectivity index (χ0n) is 30.1. The third-order valence-corrected chi connectivity index (χ3v) is 8.49. The lowest BCUT2D eigenvalue weighted by Gasteiger charge is -2.26. The number of carbonyl (C=O) groups excluding carboxylic acids is 6. The van der Waals surface area contributed by atoms with Crippen molar-refractivity contribution in [2.24, 2.45) is 22.4 Å². The number of nitrogens with two attached hydrogens (primary N) is 2. The molecule has 296 valence electrons. The number of carboxylic acids is 1. The minimum absolute atomic E-state index is 0.0920. The molecule has 1 saturated heterocycles. The minimum Gasteiger partial charge on any atom is -0.480 e. The summed E-state index contributed by atoms with van der Waals surface area (Å²) < 4.78 is 0. The molecule has 1 heterocycles. The Bertz CT molecular complexity index is 1240. The van der Waals surface area contributed by atoms with Crippen LogP contribution >= 0.6 is 11.8 Å². The number of thioether (sulfide) groups is 1. The summed E-state index contributed by atoms with van der Waals surface area (Å²) in [6, 6.07) is -7.11. The highest BCUT2D eigenvalue weighted by Crippen LogP contribution is 2.09. The van der Waals surface area contributed by atoms with Crippen molar-refractivity contribution in [2.45, 2.75) is 102 Å². The number of hydrogen-bond donors (Lipinski definition) is 12. The van der Waals surface area contributed by atoms with Crippen molar-refractivity contribution in [3.63, 3.8) is 0 Å². The van der Waals surface area contributed by atoms with Crippen molar-refractivity contribution in [3.05, 3.63) is 0 Å². The molecule has 14 N–H and O–H groups in total. The number of nitrogens with zero attached hydrogens (tertiary/aromatic N) is 1. The summed E-state index contributed by atoms with van der Waals surface area (Å²) in [4.78, 5) is 93.4. The fourth-order valence-electron chi connectivity index (χ4n) is 5.08. The van der Waals surface area contributed by atoms with Gasteiger partial charge in [0.25, 0.3) is 0 Å². The van der Waals surface area contributed by atoms with E-state index in [0.29, 0.717) is 25.1 Å². The normalized spacial score (nSPS) is 17.3. The van der Waals surface area contributed by atoms with E-state index in [9.17, 15) is 48.9 Å². The van der Waals surface area contributed by atoms with Gasteiger partial charge < -0.3 is 64.0 Å². The Morgan fingerprint density at radius 2 is 1.48 bits per heavy atom. The standard InChI is InChI=1S/C31H56N10O10S/c1-16(2)13-21(28(48)40-22(15-42)29(49)41-24(17(3)43)30(50)51)39-27(47)20(9-12-52-4)37-23(44)14-36-25(45)19(8-6-11-35-31(32)33)38-26(46)18-7-5-10-34-18/h16-22,24,34,42-43H,5-15H2,1-4H3,(H,36,45)(H,37,44)(H,38,46)(H,39,47)(H,40,48)(H,41,49)(H,50,51)(H4,32,33,35)/t17-,18+,19+,20+,21+,22+,24+/m1/s1. The van der Waals surface area contributed by atoms with Gasteiger partial charge in [-0.15, -0.1) is 0 Å². The molecule has 1 rings (SSSR count). The van der Waals surface area contributed by atoms with Crippen LogP contribution < -0.4 is 48.7 Å². The highest BCUT2D eigenvalue weighted by Gasteiger charge is 2.33. The minimum atomic E-state index is -1.70. The maximum absolute atomic E-state index is 13.4. The van der Waals surface area contributed by atoms with Crippen LogP contribution in [0.5, 0.6) is 0 Å². The average Bonchev–Trinajstić information content (AvgIpc) is 3.62. The molecule has 0 saturated carbocycles. The van der Waals surface area contributed by atoms with Gasteiger partial charge in [0.1, 0.15) is 24.2 Å². The Morgan fingerprint density at radius 1 is 0.865 bits per heavy atom. The van der Waals surface area contributed by atoms with Gasteiger partial charge in [0.2, 0.25) is 35.4 Å². The second kappa shape index (κ2) is 24.1. The summed E-state index contributed by atoms with van der Waals surface area (Å²) in [6.07, 6.45) is 2.53. The summed E-state index contributed by atoms with van der Waals surface area (Å²) in [7, 11) is 0.